The van der Waals surface area contributed by atoms with E-state index in [0.717, 1.165) is 12.8 Å². The highest BCUT2D eigenvalue weighted by Gasteiger charge is 2.26. The number of piperidine rings is 1. The number of nitrogens with two attached hydrogens (primary N) is 1. The zero-order chi connectivity index (χ0) is 15.5. The molecule has 0 aromatic heterocycles. The molecule has 0 radical (unpaired) electrons. The van der Waals surface area contributed by atoms with Crippen LogP contribution in [0.3, 0.4) is 0 Å². The highest BCUT2D eigenvalue weighted by atomic mass is 32.2. The van der Waals surface area contributed by atoms with Gasteiger partial charge in [-0.2, -0.15) is 0 Å². The number of sulfonamides is 1. The van der Waals surface area contributed by atoms with Crippen LogP contribution in [0, 0.1) is 5.92 Å². The van der Waals surface area contributed by atoms with Crippen LogP contribution in [-0.4, -0.2) is 43.7 Å². The Hall–Kier alpha value is -1.18. The third-order valence-electron chi connectivity index (χ3n) is 3.58. The lowest BCUT2D eigenvalue weighted by Crippen LogP contribution is -2.41. The van der Waals surface area contributed by atoms with Gasteiger partial charge in [-0.05, 0) is 25.0 Å². The summed E-state index contributed by atoms with van der Waals surface area (Å²) in [6, 6.07) is 7.36. The van der Waals surface area contributed by atoms with Gasteiger partial charge < -0.3 is 10.5 Å². The van der Waals surface area contributed by atoms with Gasteiger partial charge in [0.05, 0.1) is 18.4 Å². The standard InChI is InChI=1S/C14H20N2O3S2/c1-21(17,18)16-8-4-5-11(9-16)10-19-13-7-3-2-6-12(13)14(15)20/h2-3,6-7,11H,4-5,8-10H2,1H3,(H2,15,20). The maximum atomic E-state index is 11.6. The summed E-state index contributed by atoms with van der Waals surface area (Å²) in [5.74, 6) is 0.842. The second kappa shape index (κ2) is 6.72. The number of hydrogen-bond donors (Lipinski definition) is 1. The predicted molar refractivity (Wildman–Crippen MR) is 87.0 cm³/mol. The minimum absolute atomic E-state index is 0.188. The number of ether oxygens (including phenoxy) is 1. The highest BCUT2D eigenvalue weighted by molar-refractivity contribution is 7.88. The van der Waals surface area contributed by atoms with Crippen molar-refractivity contribution in [1.82, 2.24) is 4.31 Å². The lowest BCUT2D eigenvalue weighted by atomic mass is 10.0. The quantitative estimate of drug-likeness (QED) is 0.827. The lowest BCUT2D eigenvalue weighted by Gasteiger charge is -2.30. The summed E-state index contributed by atoms with van der Waals surface area (Å²) < 4.78 is 30.5. The Morgan fingerprint density at radius 1 is 1.48 bits per heavy atom. The summed E-state index contributed by atoms with van der Waals surface area (Å²) >= 11 is 5.00. The third-order valence-corrected chi connectivity index (χ3v) is 5.07. The predicted octanol–water partition coefficient (Wildman–Crippen LogP) is 1.37. The molecule has 1 aliphatic rings. The second-order valence-corrected chi connectivity index (χ2v) is 7.72. The number of nitrogens with zero attached hydrogens (tertiary/aromatic N) is 1. The van der Waals surface area contributed by atoms with Gasteiger partial charge in [-0.3, -0.25) is 0 Å². The summed E-state index contributed by atoms with van der Waals surface area (Å²) in [6.45, 7) is 1.57. The normalized spacial score (nSPS) is 20.1. The fourth-order valence-electron chi connectivity index (χ4n) is 2.47. The molecular formula is C14H20N2O3S2. The average Bonchev–Trinajstić information content (AvgIpc) is 2.45. The monoisotopic (exact) mass is 328 g/mol. The molecule has 1 fully saturated rings. The van der Waals surface area contributed by atoms with E-state index in [1.54, 1.807) is 0 Å². The zero-order valence-electron chi connectivity index (χ0n) is 12.0. The molecule has 0 saturated carbocycles. The molecule has 2 N–H and O–H groups in total. The molecule has 1 saturated heterocycles. The van der Waals surface area contributed by atoms with Crippen LogP contribution >= 0.6 is 12.2 Å². The molecule has 21 heavy (non-hydrogen) atoms. The fourth-order valence-corrected chi connectivity index (χ4v) is 3.58. The van der Waals surface area contributed by atoms with Crippen LogP contribution in [0.25, 0.3) is 0 Å². The molecule has 116 valence electrons. The topological polar surface area (TPSA) is 72.6 Å². The van der Waals surface area contributed by atoms with Crippen molar-refractivity contribution in [2.75, 3.05) is 26.0 Å². The van der Waals surface area contributed by atoms with Crippen molar-refractivity contribution >= 4 is 27.2 Å². The Morgan fingerprint density at radius 2 is 2.19 bits per heavy atom. The van der Waals surface area contributed by atoms with Crippen LogP contribution in [0.1, 0.15) is 18.4 Å². The van der Waals surface area contributed by atoms with E-state index in [-0.39, 0.29) is 5.92 Å². The fraction of sp³-hybridized carbons (Fsp3) is 0.500. The van der Waals surface area contributed by atoms with Crippen molar-refractivity contribution in [3.05, 3.63) is 29.8 Å². The molecule has 1 atom stereocenters. The SMILES string of the molecule is CS(=O)(=O)N1CCCC(COc2ccccc2C(N)=S)C1. The Kier molecular flexibility index (Phi) is 5.18. The van der Waals surface area contributed by atoms with Gasteiger partial charge in [0.1, 0.15) is 10.7 Å². The van der Waals surface area contributed by atoms with Crippen molar-refractivity contribution in [2.45, 2.75) is 12.8 Å². The molecule has 1 unspecified atom stereocenters. The maximum absolute atomic E-state index is 11.6. The van der Waals surface area contributed by atoms with Crippen LogP contribution in [-0.2, 0) is 10.0 Å². The Morgan fingerprint density at radius 3 is 2.86 bits per heavy atom. The molecule has 0 spiro atoms. The molecule has 1 aromatic carbocycles. The number of para-hydroxylation sites is 1. The number of thiocarbonyl (C=S) groups is 1. The second-order valence-electron chi connectivity index (χ2n) is 5.30. The van der Waals surface area contributed by atoms with E-state index < -0.39 is 10.0 Å². The number of benzene rings is 1. The Bertz CT molecular complexity index is 616. The largest absolute Gasteiger partial charge is 0.493 e. The van der Waals surface area contributed by atoms with Gasteiger partial charge in [0.2, 0.25) is 10.0 Å². The van der Waals surface area contributed by atoms with Gasteiger partial charge in [0, 0.05) is 19.0 Å². The first-order valence-corrected chi connectivity index (χ1v) is 9.10. The van der Waals surface area contributed by atoms with E-state index in [0.29, 0.717) is 36.0 Å². The van der Waals surface area contributed by atoms with E-state index in [1.807, 2.05) is 24.3 Å². The van der Waals surface area contributed by atoms with Gasteiger partial charge >= 0.3 is 0 Å². The first-order chi connectivity index (χ1) is 9.88. The maximum Gasteiger partial charge on any atom is 0.211 e. The molecule has 2 rings (SSSR count). The Balaban J connectivity index is 1.99. The first kappa shape index (κ1) is 16.2. The smallest absolute Gasteiger partial charge is 0.211 e. The van der Waals surface area contributed by atoms with Crippen LogP contribution in [0.5, 0.6) is 5.75 Å². The molecule has 5 nitrogen and oxygen atoms in total. The minimum Gasteiger partial charge on any atom is -0.493 e. The summed E-state index contributed by atoms with van der Waals surface area (Å²) in [5, 5.41) is 0. The number of hydrogen-bond acceptors (Lipinski definition) is 4. The summed E-state index contributed by atoms with van der Waals surface area (Å²) in [4.78, 5) is 0.298. The third kappa shape index (κ3) is 4.39. The Labute approximate surface area is 131 Å². The van der Waals surface area contributed by atoms with E-state index in [1.165, 1.54) is 10.6 Å². The van der Waals surface area contributed by atoms with E-state index in [9.17, 15) is 8.42 Å². The minimum atomic E-state index is -3.13. The lowest BCUT2D eigenvalue weighted by molar-refractivity contribution is 0.180. The van der Waals surface area contributed by atoms with Crippen LogP contribution in [0.2, 0.25) is 0 Å². The summed E-state index contributed by atoms with van der Waals surface area (Å²) in [5.41, 5.74) is 6.38. The van der Waals surface area contributed by atoms with Crippen LogP contribution in [0.15, 0.2) is 24.3 Å². The molecule has 0 aliphatic carbocycles. The first-order valence-electron chi connectivity index (χ1n) is 6.84. The molecule has 0 amide bonds. The average molecular weight is 328 g/mol. The zero-order valence-corrected chi connectivity index (χ0v) is 13.6. The van der Waals surface area contributed by atoms with Crippen molar-refractivity contribution in [1.29, 1.82) is 0 Å². The molecule has 7 heteroatoms. The molecular weight excluding hydrogens is 308 g/mol. The van der Waals surface area contributed by atoms with Crippen molar-refractivity contribution in [3.8, 4) is 5.75 Å². The molecule has 1 aromatic rings. The van der Waals surface area contributed by atoms with Gasteiger partial charge in [0.25, 0.3) is 0 Å². The van der Waals surface area contributed by atoms with E-state index in [2.05, 4.69) is 0 Å². The van der Waals surface area contributed by atoms with Crippen molar-refractivity contribution in [3.63, 3.8) is 0 Å². The van der Waals surface area contributed by atoms with E-state index in [4.69, 9.17) is 22.7 Å². The molecule has 1 aliphatic heterocycles. The highest BCUT2D eigenvalue weighted by Crippen LogP contribution is 2.22. The number of rotatable bonds is 5. The molecule has 1 heterocycles. The van der Waals surface area contributed by atoms with Crippen molar-refractivity contribution in [2.24, 2.45) is 11.7 Å². The van der Waals surface area contributed by atoms with Crippen LogP contribution in [0.4, 0.5) is 0 Å². The van der Waals surface area contributed by atoms with Gasteiger partial charge in [-0.1, -0.05) is 24.4 Å². The summed E-state index contributed by atoms with van der Waals surface area (Å²) in [6.07, 6.45) is 3.07. The van der Waals surface area contributed by atoms with Gasteiger partial charge in [0.15, 0.2) is 0 Å². The summed E-state index contributed by atoms with van der Waals surface area (Å²) in [7, 11) is -3.13. The van der Waals surface area contributed by atoms with Crippen LogP contribution < -0.4 is 10.5 Å². The van der Waals surface area contributed by atoms with Gasteiger partial charge in [-0.25, -0.2) is 12.7 Å². The molecule has 0 bridgehead atoms. The van der Waals surface area contributed by atoms with Gasteiger partial charge in [-0.15, -0.1) is 0 Å². The van der Waals surface area contributed by atoms with E-state index >= 15 is 0 Å². The van der Waals surface area contributed by atoms with Crippen molar-refractivity contribution < 1.29 is 13.2 Å².